The van der Waals surface area contributed by atoms with Gasteiger partial charge in [-0.3, -0.25) is 14.7 Å². The van der Waals surface area contributed by atoms with E-state index < -0.39 is 0 Å². The maximum atomic E-state index is 12.8. The van der Waals surface area contributed by atoms with Gasteiger partial charge in [-0.2, -0.15) is 0 Å². The lowest BCUT2D eigenvalue weighted by Gasteiger charge is -2.26. The molecular formula is C16H21N5O2. The number of piperidine rings is 1. The number of carbonyl (C=O) groups excluding carboxylic acids is 1. The zero-order chi connectivity index (χ0) is 16.0. The average Bonchev–Trinajstić information content (AvgIpc) is 3.00. The van der Waals surface area contributed by atoms with Crippen LogP contribution in [0.1, 0.15) is 42.6 Å². The first-order valence-corrected chi connectivity index (χ1v) is 8.23. The molecule has 1 unspecified atom stereocenters. The summed E-state index contributed by atoms with van der Waals surface area (Å²) in [5.41, 5.74) is 3.14. The molecule has 2 aliphatic rings. The highest BCUT2D eigenvalue weighted by molar-refractivity contribution is 5.73. The Morgan fingerprint density at radius 2 is 2.30 bits per heavy atom. The molecule has 1 saturated heterocycles. The molecule has 2 N–H and O–H groups in total. The van der Waals surface area contributed by atoms with Crippen LogP contribution in [0.5, 0.6) is 0 Å². The fourth-order valence-electron chi connectivity index (χ4n) is 3.60. The van der Waals surface area contributed by atoms with E-state index in [1.807, 2.05) is 6.07 Å². The van der Waals surface area contributed by atoms with E-state index >= 15 is 0 Å². The van der Waals surface area contributed by atoms with Crippen LogP contribution in [0.25, 0.3) is 5.65 Å². The van der Waals surface area contributed by atoms with Gasteiger partial charge < -0.3 is 10.2 Å². The molecule has 0 spiro atoms. The molecule has 0 aromatic carbocycles. The molecule has 0 aliphatic carbocycles. The van der Waals surface area contributed by atoms with Gasteiger partial charge >= 0.3 is 0 Å². The number of aromatic nitrogens is 3. The van der Waals surface area contributed by atoms with Crippen molar-refractivity contribution in [2.45, 2.75) is 38.6 Å². The van der Waals surface area contributed by atoms with Gasteiger partial charge in [-0.25, -0.2) is 9.50 Å². The van der Waals surface area contributed by atoms with Crippen LogP contribution in [-0.2, 0) is 17.8 Å². The molecule has 23 heavy (non-hydrogen) atoms. The normalized spacial score (nSPS) is 21.4. The molecular weight excluding hydrogens is 294 g/mol. The number of amides is 1. The van der Waals surface area contributed by atoms with E-state index in [9.17, 15) is 9.59 Å². The number of fused-ring (bicyclic) bond motifs is 2. The van der Waals surface area contributed by atoms with Crippen LogP contribution < -0.4 is 10.9 Å². The fourth-order valence-corrected chi connectivity index (χ4v) is 3.60. The summed E-state index contributed by atoms with van der Waals surface area (Å²) in [7, 11) is 0. The molecule has 7 nitrogen and oxygen atoms in total. The quantitative estimate of drug-likeness (QED) is 0.798. The van der Waals surface area contributed by atoms with Gasteiger partial charge in [0.15, 0.2) is 5.65 Å². The molecule has 7 heteroatoms. The number of aromatic amines is 1. The van der Waals surface area contributed by atoms with Crippen LogP contribution in [0, 0.1) is 0 Å². The Balaban J connectivity index is 1.76. The third-order valence-electron chi connectivity index (χ3n) is 4.96. The predicted molar refractivity (Wildman–Crippen MR) is 85.5 cm³/mol. The second-order valence-corrected chi connectivity index (χ2v) is 6.48. The fraction of sp³-hybridized carbons (Fsp3) is 0.562. The number of carbonyl (C=O) groups is 1. The van der Waals surface area contributed by atoms with Crippen molar-refractivity contribution in [2.24, 2.45) is 0 Å². The highest BCUT2D eigenvalue weighted by atomic mass is 16.2. The Morgan fingerprint density at radius 3 is 3.04 bits per heavy atom. The third-order valence-corrected chi connectivity index (χ3v) is 4.96. The van der Waals surface area contributed by atoms with Crippen LogP contribution in [0.3, 0.4) is 0 Å². The Morgan fingerprint density at radius 1 is 1.43 bits per heavy atom. The predicted octanol–water partition coefficient (Wildman–Crippen LogP) is 0.394. The van der Waals surface area contributed by atoms with Crippen molar-refractivity contribution in [2.75, 3.05) is 19.6 Å². The van der Waals surface area contributed by atoms with Crippen LogP contribution >= 0.6 is 0 Å². The molecule has 122 valence electrons. The summed E-state index contributed by atoms with van der Waals surface area (Å²) >= 11 is 0. The van der Waals surface area contributed by atoms with Crippen molar-refractivity contribution in [1.82, 2.24) is 24.8 Å². The van der Waals surface area contributed by atoms with E-state index in [1.165, 1.54) is 11.4 Å². The molecule has 0 bridgehead atoms. The second-order valence-electron chi connectivity index (χ2n) is 6.48. The second kappa shape index (κ2) is 5.49. The maximum Gasteiger partial charge on any atom is 0.277 e. The first-order chi connectivity index (χ1) is 11.1. The number of hydrogen-bond donors (Lipinski definition) is 2. The summed E-state index contributed by atoms with van der Waals surface area (Å²) < 4.78 is 1.53. The van der Waals surface area contributed by atoms with Gasteiger partial charge in [0.1, 0.15) is 0 Å². The van der Waals surface area contributed by atoms with E-state index in [1.54, 1.807) is 4.90 Å². The van der Waals surface area contributed by atoms with Gasteiger partial charge in [-0.15, -0.1) is 0 Å². The topological polar surface area (TPSA) is 82.5 Å². The zero-order valence-electron chi connectivity index (χ0n) is 13.3. The van der Waals surface area contributed by atoms with Crippen LogP contribution in [0.4, 0.5) is 0 Å². The van der Waals surface area contributed by atoms with Crippen molar-refractivity contribution >= 4 is 11.6 Å². The van der Waals surface area contributed by atoms with E-state index in [0.29, 0.717) is 36.6 Å². The van der Waals surface area contributed by atoms with Gasteiger partial charge in [0, 0.05) is 44.1 Å². The van der Waals surface area contributed by atoms with Gasteiger partial charge in [-0.05, 0) is 19.4 Å². The Hall–Kier alpha value is -2.15. The number of H-pyrrole nitrogens is 1. The molecule has 0 radical (unpaired) electrons. The smallest absolute Gasteiger partial charge is 0.277 e. The standard InChI is InChI=1S/C16H21N5O2/c1-10(22)20-6-4-13-12(9-20)16(23)21-15(18-13)7-14(19-21)11-3-2-5-17-8-11/h7,11,17,19H,2-6,8-9H2,1H3. The molecule has 1 fully saturated rings. The molecule has 4 heterocycles. The van der Waals surface area contributed by atoms with Crippen LogP contribution in [-0.4, -0.2) is 45.0 Å². The summed E-state index contributed by atoms with van der Waals surface area (Å²) in [6.45, 7) is 4.52. The van der Waals surface area contributed by atoms with Gasteiger partial charge in [0.2, 0.25) is 5.91 Å². The van der Waals surface area contributed by atoms with Crippen LogP contribution in [0.15, 0.2) is 10.9 Å². The van der Waals surface area contributed by atoms with E-state index in [2.05, 4.69) is 15.4 Å². The Labute approximate surface area is 133 Å². The molecule has 2 aliphatic heterocycles. The minimum absolute atomic E-state index is 0.000557. The van der Waals surface area contributed by atoms with E-state index in [0.717, 1.165) is 37.3 Å². The lowest BCUT2D eigenvalue weighted by molar-refractivity contribution is -0.129. The molecule has 4 rings (SSSR count). The first-order valence-electron chi connectivity index (χ1n) is 8.23. The number of hydrogen-bond acceptors (Lipinski definition) is 4. The largest absolute Gasteiger partial charge is 0.338 e. The van der Waals surface area contributed by atoms with Gasteiger partial charge in [-0.1, -0.05) is 0 Å². The molecule has 2 aromatic heterocycles. The minimum atomic E-state index is -0.0778. The highest BCUT2D eigenvalue weighted by Crippen LogP contribution is 2.23. The lowest BCUT2D eigenvalue weighted by atomic mass is 9.96. The van der Waals surface area contributed by atoms with Gasteiger partial charge in [0.05, 0.1) is 17.8 Å². The van der Waals surface area contributed by atoms with Crippen molar-refractivity contribution in [3.63, 3.8) is 0 Å². The number of rotatable bonds is 1. The lowest BCUT2D eigenvalue weighted by Crippen LogP contribution is -2.39. The highest BCUT2D eigenvalue weighted by Gasteiger charge is 2.25. The van der Waals surface area contributed by atoms with Gasteiger partial charge in [0.25, 0.3) is 5.56 Å². The summed E-state index contributed by atoms with van der Waals surface area (Å²) in [6, 6.07) is 2.00. The number of nitrogens with zero attached hydrogens (tertiary/aromatic N) is 3. The summed E-state index contributed by atoms with van der Waals surface area (Å²) in [4.78, 5) is 30.7. The van der Waals surface area contributed by atoms with Crippen LogP contribution in [0.2, 0.25) is 0 Å². The first kappa shape index (κ1) is 14.4. The van der Waals surface area contributed by atoms with E-state index in [-0.39, 0.29) is 11.5 Å². The summed E-state index contributed by atoms with van der Waals surface area (Å²) in [6.07, 6.45) is 2.91. The summed E-state index contributed by atoms with van der Waals surface area (Å²) in [5.74, 6) is 0.399. The maximum absolute atomic E-state index is 12.8. The molecule has 1 amide bonds. The molecule has 0 saturated carbocycles. The zero-order valence-corrected chi connectivity index (χ0v) is 13.3. The van der Waals surface area contributed by atoms with E-state index in [4.69, 9.17) is 0 Å². The van der Waals surface area contributed by atoms with Crippen molar-refractivity contribution < 1.29 is 4.79 Å². The summed E-state index contributed by atoms with van der Waals surface area (Å²) in [5, 5.41) is 6.62. The van der Waals surface area contributed by atoms with Crippen molar-refractivity contribution in [1.29, 1.82) is 0 Å². The van der Waals surface area contributed by atoms with Crippen molar-refractivity contribution in [3.05, 3.63) is 33.4 Å². The Bertz CT molecular complexity index is 816. The molecule has 2 aromatic rings. The Kier molecular flexibility index (Phi) is 3.45. The monoisotopic (exact) mass is 315 g/mol. The molecule has 1 atom stereocenters. The average molecular weight is 315 g/mol. The SMILES string of the molecule is CC(=O)N1CCc2nc3cc(C4CCCNC4)[nH]n3c(=O)c2C1. The van der Waals surface area contributed by atoms with Crippen molar-refractivity contribution in [3.8, 4) is 0 Å². The third kappa shape index (κ3) is 2.45. The number of nitrogens with one attached hydrogen (secondary N) is 2. The minimum Gasteiger partial charge on any atom is -0.338 e.